The molecule has 1 aromatic carbocycles. The Labute approximate surface area is 144 Å². The molecule has 25 heavy (non-hydrogen) atoms. The lowest BCUT2D eigenvalue weighted by molar-refractivity contribution is -0.136. The van der Waals surface area contributed by atoms with E-state index in [-0.39, 0.29) is 30.4 Å². The number of benzene rings is 1. The summed E-state index contributed by atoms with van der Waals surface area (Å²) in [6, 6.07) is 7.32. The second kappa shape index (κ2) is 6.76. The molecule has 0 aliphatic carbocycles. The van der Waals surface area contributed by atoms with Crippen LogP contribution >= 0.6 is 0 Å². The summed E-state index contributed by atoms with van der Waals surface area (Å²) >= 11 is 0. The van der Waals surface area contributed by atoms with Crippen LogP contribution in [-0.2, 0) is 14.3 Å². The second-order valence-electron chi connectivity index (χ2n) is 5.57. The van der Waals surface area contributed by atoms with E-state index in [1.54, 1.807) is 19.9 Å². The first-order chi connectivity index (χ1) is 12.1. The SMILES string of the molecule is C/C=C/C(=O)N1C=C(C(=O)OCC)c2[nH]c3ccccc3c2C(=O)C1. The molecular formula is C19H18N2O4. The molecule has 2 heterocycles. The molecule has 0 fully saturated rings. The standard InChI is InChI=1S/C19H18N2O4/c1-3-7-16(23)21-10-13(19(24)25-4-2)18-17(15(22)11-21)12-8-5-6-9-14(12)20-18/h3,5-10,20H,4,11H2,1-2H3/b7-3+. The summed E-state index contributed by atoms with van der Waals surface area (Å²) in [5.74, 6) is -1.18. The third-order valence-electron chi connectivity index (χ3n) is 3.94. The number of aromatic amines is 1. The number of carbonyl (C=O) groups excluding carboxylic acids is 3. The van der Waals surface area contributed by atoms with Crippen LogP contribution in [0.5, 0.6) is 0 Å². The van der Waals surface area contributed by atoms with Gasteiger partial charge in [-0.15, -0.1) is 0 Å². The number of fused-ring (bicyclic) bond motifs is 3. The molecule has 1 aromatic heterocycles. The maximum Gasteiger partial charge on any atom is 0.341 e. The van der Waals surface area contributed by atoms with Crippen molar-refractivity contribution in [3.63, 3.8) is 0 Å². The Morgan fingerprint density at radius 2 is 2.08 bits per heavy atom. The van der Waals surface area contributed by atoms with Crippen LogP contribution in [0.15, 0.2) is 42.6 Å². The highest BCUT2D eigenvalue weighted by molar-refractivity contribution is 6.24. The maximum absolute atomic E-state index is 12.8. The van der Waals surface area contributed by atoms with Crippen LogP contribution in [0, 0.1) is 0 Å². The lowest BCUT2D eigenvalue weighted by Crippen LogP contribution is -2.29. The lowest BCUT2D eigenvalue weighted by atomic mass is 10.0. The molecular weight excluding hydrogens is 320 g/mol. The highest BCUT2D eigenvalue weighted by Crippen LogP contribution is 2.31. The van der Waals surface area contributed by atoms with E-state index in [1.807, 2.05) is 24.3 Å². The summed E-state index contributed by atoms with van der Waals surface area (Å²) in [5, 5.41) is 0.720. The van der Waals surface area contributed by atoms with Crippen molar-refractivity contribution in [2.24, 2.45) is 0 Å². The van der Waals surface area contributed by atoms with Gasteiger partial charge in [0.15, 0.2) is 5.78 Å². The van der Waals surface area contributed by atoms with Crippen molar-refractivity contribution in [3.8, 4) is 0 Å². The highest BCUT2D eigenvalue weighted by Gasteiger charge is 2.30. The second-order valence-corrected chi connectivity index (χ2v) is 5.57. The molecule has 0 unspecified atom stereocenters. The lowest BCUT2D eigenvalue weighted by Gasteiger charge is -2.14. The minimum atomic E-state index is -0.580. The number of allylic oxidation sites excluding steroid dienone is 1. The fraction of sp³-hybridized carbons (Fsp3) is 0.211. The first kappa shape index (κ1) is 16.7. The number of Topliss-reactive ketones (excluding diaryl/α,β-unsaturated/α-hetero) is 1. The smallest absolute Gasteiger partial charge is 0.341 e. The number of hydrogen-bond donors (Lipinski definition) is 1. The van der Waals surface area contributed by atoms with Crippen LogP contribution in [-0.4, -0.2) is 40.7 Å². The first-order valence-corrected chi connectivity index (χ1v) is 8.03. The molecule has 0 saturated heterocycles. The molecule has 0 spiro atoms. The number of nitrogens with zero attached hydrogens (tertiary/aromatic N) is 1. The number of aromatic nitrogens is 1. The molecule has 0 bridgehead atoms. The number of hydrogen-bond acceptors (Lipinski definition) is 4. The molecule has 1 aliphatic heterocycles. The van der Waals surface area contributed by atoms with E-state index in [1.165, 1.54) is 17.2 Å². The summed E-state index contributed by atoms with van der Waals surface area (Å²) in [6.07, 6.45) is 4.33. The van der Waals surface area contributed by atoms with Crippen LogP contribution < -0.4 is 0 Å². The molecule has 1 amide bonds. The van der Waals surface area contributed by atoms with Gasteiger partial charge < -0.3 is 14.6 Å². The Kier molecular flexibility index (Phi) is 4.52. The molecule has 128 valence electrons. The molecule has 3 rings (SSSR count). The van der Waals surface area contributed by atoms with Gasteiger partial charge in [0.1, 0.15) is 5.57 Å². The van der Waals surface area contributed by atoms with Crippen molar-refractivity contribution in [2.75, 3.05) is 13.2 Å². The molecule has 6 heteroatoms. The van der Waals surface area contributed by atoms with Crippen LogP contribution in [0.4, 0.5) is 0 Å². The number of para-hydroxylation sites is 1. The minimum Gasteiger partial charge on any atom is -0.462 e. The molecule has 0 atom stereocenters. The van der Waals surface area contributed by atoms with Gasteiger partial charge in [0.05, 0.1) is 24.4 Å². The fourth-order valence-corrected chi connectivity index (χ4v) is 2.88. The topological polar surface area (TPSA) is 79.5 Å². The van der Waals surface area contributed by atoms with Crippen molar-refractivity contribution < 1.29 is 19.1 Å². The van der Waals surface area contributed by atoms with Crippen molar-refractivity contribution in [2.45, 2.75) is 13.8 Å². The number of carbonyl (C=O) groups is 3. The minimum absolute atomic E-state index is 0.138. The average molecular weight is 338 g/mol. The van der Waals surface area contributed by atoms with E-state index in [4.69, 9.17) is 4.74 Å². The normalized spacial score (nSPS) is 14.4. The zero-order valence-corrected chi connectivity index (χ0v) is 14.0. The number of esters is 1. The predicted molar refractivity (Wildman–Crippen MR) is 93.8 cm³/mol. The van der Waals surface area contributed by atoms with E-state index in [0.717, 1.165) is 10.9 Å². The predicted octanol–water partition coefficient (Wildman–Crippen LogP) is 2.67. The number of H-pyrrole nitrogens is 1. The number of nitrogens with one attached hydrogen (secondary N) is 1. The zero-order chi connectivity index (χ0) is 18.0. The van der Waals surface area contributed by atoms with E-state index in [2.05, 4.69) is 4.98 Å². The number of ether oxygens (including phenoxy) is 1. The fourth-order valence-electron chi connectivity index (χ4n) is 2.88. The van der Waals surface area contributed by atoms with Gasteiger partial charge in [0.25, 0.3) is 5.91 Å². The monoisotopic (exact) mass is 338 g/mol. The third-order valence-corrected chi connectivity index (χ3v) is 3.94. The molecule has 6 nitrogen and oxygen atoms in total. The van der Waals surface area contributed by atoms with Gasteiger partial charge >= 0.3 is 5.97 Å². The maximum atomic E-state index is 12.8. The summed E-state index contributed by atoms with van der Waals surface area (Å²) in [7, 11) is 0. The van der Waals surface area contributed by atoms with Crippen molar-refractivity contribution in [3.05, 3.63) is 53.9 Å². The number of rotatable bonds is 3. The Morgan fingerprint density at radius 1 is 1.32 bits per heavy atom. The quantitative estimate of drug-likeness (QED) is 0.689. The Morgan fingerprint density at radius 3 is 2.80 bits per heavy atom. The van der Waals surface area contributed by atoms with E-state index >= 15 is 0 Å². The van der Waals surface area contributed by atoms with Gasteiger partial charge in [0, 0.05) is 17.1 Å². The highest BCUT2D eigenvalue weighted by atomic mass is 16.5. The number of ketones is 1. The molecule has 2 aromatic rings. The number of amides is 1. The summed E-state index contributed by atoms with van der Waals surface area (Å²) in [6.45, 7) is 3.47. The van der Waals surface area contributed by atoms with Gasteiger partial charge in [-0.2, -0.15) is 0 Å². The largest absolute Gasteiger partial charge is 0.462 e. The summed E-state index contributed by atoms with van der Waals surface area (Å²) in [4.78, 5) is 41.8. The molecule has 0 radical (unpaired) electrons. The molecule has 1 N–H and O–H groups in total. The van der Waals surface area contributed by atoms with Crippen LogP contribution in [0.25, 0.3) is 16.5 Å². The van der Waals surface area contributed by atoms with Crippen LogP contribution in [0.1, 0.15) is 29.9 Å². The van der Waals surface area contributed by atoms with Gasteiger partial charge in [-0.1, -0.05) is 24.3 Å². The third kappa shape index (κ3) is 2.98. The molecule has 1 aliphatic rings. The van der Waals surface area contributed by atoms with Crippen molar-refractivity contribution >= 4 is 34.1 Å². The molecule has 0 saturated carbocycles. The summed E-state index contributed by atoms with van der Waals surface area (Å²) < 4.78 is 5.12. The van der Waals surface area contributed by atoms with Crippen LogP contribution in [0.3, 0.4) is 0 Å². The summed E-state index contributed by atoms with van der Waals surface area (Å²) in [5.41, 5.74) is 1.71. The Balaban J connectivity index is 2.21. The van der Waals surface area contributed by atoms with Crippen molar-refractivity contribution in [1.82, 2.24) is 9.88 Å². The Bertz CT molecular complexity index is 921. The van der Waals surface area contributed by atoms with E-state index in [0.29, 0.717) is 11.3 Å². The first-order valence-electron chi connectivity index (χ1n) is 8.03. The van der Waals surface area contributed by atoms with Gasteiger partial charge in [-0.3, -0.25) is 9.59 Å². The van der Waals surface area contributed by atoms with E-state index in [9.17, 15) is 14.4 Å². The van der Waals surface area contributed by atoms with Gasteiger partial charge in [-0.25, -0.2) is 4.79 Å². The average Bonchev–Trinajstić information content (AvgIpc) is 2.90. The van der Waals surface area contributed by atoms with Gasteiger partial charge in [0.2, 0.25) is 0 Å². The van der Waals surface area contributed by atoms with E-state index < -0.39 is 5.97 Å². The Hall–Kier alpha value is -3.15. The van der Waals surface area contributed by atoms with Gasteiger partial charge in [-0.05, 0) is 26.0 Å². The zero-order valence-electron chi connectivity index (χ0n) is 14.0. The van der Waals surface area contributed by atoms with Crippen LogP contribution in [0.2, 0.25) is 0 Å². The van der Waals surface area contributed by atoms with Crippen molar-refractivity contribution in [1.29, 1.82) is 0 Å².